The average molecular weight is 408 g/mol. The van der Waals surface area contributed by atoms with E-state index in [0.29, 0.717) is 11.1 Å². The molecular formula is C17H11Cl2N3O5. The Morgan fingerprint density at radius 3 is 2.52 bits per heavy atom. The van der Waals surface area contributed by atoms with Crippen LogP contribution >= 0.6 is 23.2 Å². The van der Waals surface area contributed by atoms with E-state index in [4.69, 9.17) is 28.3 Å². The number of amides is 1. The number of carbonyl (C=O) groups excluding carboxylic acids is 1. The quantitative estimate of drug-likeness (QED) is 0.474. The molecule has 0 spiro atoms. The van der Waals surface area contributed by atoms with Crippen LogP contribution in [0.5, 0.6) is 11.6 Å². The van der Waals surface area contributed by atoms with Gasteiger partial charge >= 0.3 is 5.97 Å². The van der Waals surface area contributed by atoms with Crippen molar-refractivity contribution in [3.8, 4) is 11.6 Å². The van der Waals surface area contributed by atoms with Crippen molar-refractivity contribution in [2.24, 2.45) is 10.2 Å². The molecular weight excluding hydrogens is 397 g/mol. The number of nitrogens with one attached hydrogen (secondary N) is 1. The zero-order chi connectivity index (χ0) is 19.7. The molecule has 0 atom stereocenters. The number of azo groups is 1. The Balaban J connectivity index is 1.92. The van der Waals surface area contributed by atoms with Gasteiger partial charge in [0.25, 0.3) is 5.91 Å². The van der Waals surface area contributed by atoms with Crippen LogP contribution in [0.2, 0.25) is 10.0 Å². The van der Waals surface area contributed by atoms with Gasteiger partial charge in [-0.05, 0) is 29.8 Å². The molecule has 0 radical (unpaired) electrons. The fourth-order valence-electron chi connectivity index (χ4n) is 2.46. The first kappa shape index (κ1) is 18.7. The van der Waals surface area contributed by atoms with Crippen molar-refractivity contribution in [3.63, 3.8) is 0 Å². The summed E-state index contributed by atoms with van der Waals surface area (Å²) in [7, 11) is 0. The van der Waals surface area contributed by atoms with Crippen LogP contribution in [0.25, 0.3) is 10.9 Å². The summed E-state index contributed by atoms with van der Waals surface area (Å²) in [6.07, 6.45) is -0.138. The fourth-order valence-corrected chi connectivity index (χ4v) is 2.99. The number of carbonyl (C=O) groups is 2. The van der Waals surface area contributed by atoms with Gasteiger partial charge in [-0.1, -0.05) is 29.3 Å². The molecule has 0 fully saturated rings. The molecule has 10 heteroatoms. The van der Waals surface area contributed by atoms with Crippen molar-refractivity contribution in [2.45, 2.75) is 6.42 Å². The van der Waals surface area contributed by atoms with Crippen molar-refractivity contribution >= 4 is 51.7 Å². The van der Waals surface area contributed by atoms with Crippen LogP contribution in [0.1, 0.15) is 15.9 Å². The van der Waals surface area contributed by atoms with Gasteiger partial charge in [0, 0.05) is 0 Å². The second-order valence-electron chi connectivity index (χ2n) is 5.53. The second-order valence-corrected chi connectivity index (χ2v) is 6.32. The molecule has 0 aliphatic heterocycles. The standard InChI is InChI=1S/C17H11Cl2N3O5/c18-9-5-7(1-4-11(9)23)6-12(24)21-22-15-13-10(20-16(15)25)3-2-8(14(13)19)17(26)27/h1-5,20,23,25H,6H2,(H,26,27). The van der Waals surface area contributed by atoms with E-state index in [1.165, 1.54) is 30.3 Å². The number of rotatable bonds is 4. The number of H-pyrrole nitrogens is 1. The largest absolute Gasteiger partial charge is 0.506 e. The summed E-state index contributed by atoms with van der Waals surface area (Å²) in [5.74, 6) is -2.40. The smallest absolute Gasteiger partial charge is 0.337 e. The number of phenolic OH excluding ortho intramolecular Hbond substituents is 1. The summed E-state index contributed by atoms with van der Waals surface area (Å²) >= 11 is 11.9. The number of carboxylic acids is 1. The van der Waals surface area contributed by atoms with E-state index in [-0.39, 0.29) is 38.9 Å². The minimum atomic E-state index is -1.24. The van der Waals surface area contributed by atoms with Gasteiger partial charge in [0.1, 0.15) is 5.75 Å². The number of aromatic carboxylic acids is 1. The Hall–Kier alpha value is -3.10. The van der Waals surface area contributed by atoms with Gasteiger partial charge < -0.3 is 20.3 Å². The van der Waals surface area contributed by atoms with Crippen LogP contribution in [0.3, 0.4) is 0 Å². The molecule has 0 bridgehead atoms. The minimum absolute atomic E-state index is 0.0968. The number of hydrogen-bond acceptors (Lipinski definition) is 5. The van der Waals surface area contributed by atoms with Crippen molar-refractivity contribution in [3.05, 3.63) is 51.5 Å². The zero-order valence-electron chi connectivity index (χ0n) is 13.4. The maximum absolute atomic E-state index is 12.0. The number of hydrogen-bond donors (Lipinski definition) is 4. The number of benzene rings is 2. The first-order chi connectivity index (χ1) is 12.8. The number of nitrogens with zero attached hydrogens (tertiary/aromatic N) is 2. The lowest BCUT2D eigenvalue weighted by molar-refractivity contribution is -0.117. The Labute approximate surface area is 161 Å². The molecule has 0 aliphatic rings. The number of aromatic nitrogens is 1. The van der Waals surface area contributed by atoms with Crippen LogP contribution in [-0.2, 0) is 11.2 Å². The number of aromatic hydroxyl groups is 2. The third kappa shape index (κ3) is 3.71. The molecule has 0 unspecified atom stereocenters. The van der Waals surface area contributed by atoms with Crippen molar-refractivity contribution in [2.75, 3.05) is 0 Å². The van der Waals surface area contributed by atoms with E-state index in [1.54, 1.807) is 0 Å². The van der Waals surface area contributed by atoms with Crippen LogP contribution in [0.15, 0.2) is 40.6 Å². The SMILES string of the molecule is O=C(Cc1ccc(O)c(Cl)c1)N=Nc1c(O)[nH]c2ccc(C(=O)O)c(Cl)c12. The van der Waals surface area contributed by atoms with Gasteiger partial charge in [0.2, 0.25) is 5.88 Å². The van der Waals surface area contributed by atoms with Crippen molar-refractivity contribution in [1.29, 1.82) is 0 Å². The summed E-state index contributed by atoms with van der Waals surface area (Å²) < 4.78 is 0. The highest BCUT2D eigenvalue weighted by Crippen LogP contribution is 2.41. The predicted octanol–water partition coefficient (Wildman–Crippen LogP) is 4.44. The van der Waals surface area contributed by atoms with Crippen LogP contribution in [-0.4, -0.2) is 32.2 Å². The van der Waals surface area contributed by atoms with Crippen LogP contribution < -0.4 is 0 Å². The van der Waals surface area contributed by atoms with E-state index in [1.807, 2.05) is 0 Å². The highest BCUT2D eigenvalue weighted by atomic mass is 35.5. The Kier molecular flexibility index (Phi) is 5.02. The molecule has 3 rings (SSSR count). The predicted molar refractivity (Wildman–Crippen MR) is 98.3 cm³/mol. The Bertz CT molecular complexity index is 1110. The molecule has 3 aromatic rings. The molecule has 1 heterocycles. The Morgan fingerprint density at radius 1 is 1.11 bits per heavy atom. The number of halogens is 2. The van der Waals surface area contributed by atoms with E-state index in [2.05, 4.69) is 15.2 Å². The molecule has 138 valence electrons. The van der Waals surface area contributed by atoms with E-state index < -0.39 is 17.8 Å². The molecule has 1 aromatic heterocycles. The van der Waals surface area contributed by atoms with Crippen LogP contribution in [0, 0.1) is 0 Å². The fraction of sp³-hybridized carbons (Fsp3) is 0.0588. The van der Waals surface area contributed by atoms with E-state index in [9.17, 15) is 19.8 Å². The summed E-state index contributed by atoms with van der Waals surface area (Å²) in [6, 6.07) is 6.98. The molecule has 4 N–H and O–H groups in total. The van der Waals surface area contributed by atoms with Crippen molar-refractivity contribution < 1.29 is 24.9 Å². The molecule has 8 nitrogen and oxygen atoms in total. The molecule has 2 aromatic carbocycles. The molecule has 0 saturated carbocycles. The molecule has 27 heavy (non-hydrogen) atoms. The number of aromatic amines is 1. The average Bonchev–Trinajstić information content (AvgIpc) is 2.92. The second kappa shape index (κ2) is 7.26. The lowest BCUT2D eigenvalue weighted by atomic mass is 10.1. The topological polar surface area (TPSA) is 135 Å². The zero-order valence-corrected chi connectivity index (χ0v) is 14.9. The lowest BCUT2D eigenvalue weighted by Gasteiger charge is -2.01. The third-order valence-electron chi connectivity index (χ3n) is 3.72. The Morgan fingerprint density at radius 2 is 1.85 bits per heavy atom. The monoisotopic (exact) mass is 407 g/mol. The first-order valence-electron chi connectivity index (χ1n) is 7.46. The highest BCUT2D eigenvalue weighted by molar-refractivity contribution is 6.39. The summed E-state index contributed by atoms with van der Waals surface area (Å²) in [6.45, 7) is 0. The maximum Gasteiger partial charge on any atom is 0.337 e. The minimum Gasteiger partial charge on any atom is -0.506 e. The van der Waals surface area contributed by atoms with Gasteiger partial charge in [0.15, 0.2) is 5.69 Å². The highest BCUT2D eigenvalue weighted by Gasteiger charge is 2.19. The summed E-state index contributed by atoms with van der Waals surface area (Å²) in [4.78, 5) is 25.8. The molecule has 1 amide bonds. The van der Waals surface area contributed by atoms with Crippen molar-refractivity contribution in [1.82, 2.24) is 4.98 Å². The van der Waals surface area contributed by atoms with E-state index >= 15 is 0 Å². The molecule has 0 saturated heterocycles. The number of carboxylic acid groups (broad SMARTS) is 1. The van der Waals surface area contributed by atoms with Crippen LogP contribution in [0.4, 0.5) is 5.69 Å². The van der Waals surface area contributed by atoms with Gasteiger partial charge in [-0.2, -0.15) is 0 Å². The first-order valence-corrected chi connectivity index (χ1v) is 8.22. The van der Waals surface area contributed by atoms with Gasteiger partial charge in [0.05, 0.1) is 32.9 Å². The van der Waals surface area contributed by atoms with Gasteiger partial charge in [-0.15, -0.1) is 10.2 Å². The van der Waals surface area contributed by atoms with E-state index in [0.717, 1.165) is 0 Å². The lowest BCUT2D eigenvalue weighted by Crippen LogP contribution is -1.98. The van der Waals surface area contributed by atoms with Gasteiger partial charge in [-0.25, -0.2) is 4.79 Å². The third-order valence-corrected chi connectivity index (χ3v) is 4.41. The summed E-state index contributed by atoms with van der Waals surface area (Å²) in [5.41, 5.74) is 0.533. The normalized spacial score (nSPS) is 11.3. The maximum atomic E-state index is 12.0. The number of phenols is 1. The van der Waals surface area contributed by atoms with Gasteiger partial charge in [-0.3, -0.25) is 4.79 Å². The summed E-state index contributed by atoms with van der Waals surface area (Å²) in [5, 5.41) is 35.9. The number of fused-ring (bicyclic) bond motifs is 1. The molecule has 0 aliphatic carbocycles.